The Balaban J connectivity index is 2.02. The quantitative estimate of drug-likeness (QED) is 0.859. The van der Waals surface area contributed by atoms with Crippen LogP contribution in [0.5, 0.6) is 0 Å². The molecule has 0 spiro atoms. The normalized spacial score (nSPS) is 15.5. The molecule has 1 aromatic rings. The highest BCUT2D eigenvalue weighted by atomic mass is 35.5. The van der Waals surface area contributed by atoms with Gasteiger partial charge in [0.2, 0.25) is 0 Å². The maximum atomic E-state index is 6.16. The van der Waals surface area contributed by atoms with Crippen LogP contribution in [0, 0.1) is 5.92 Å². The zero-order valence-corrected chi connectivity index (χ0v) is 12.0. The number of hydrogen-bond donors (Lipinski definition) is 1. The Hall–Kier alpha value is -0.800. The highest BCUT2D eigenvalue weighted by molar-refractivity contribution is 6.31. The van der Waals surface area contributed by atoms with E-state index in [-0.39, 0.29) is 0 Å². The Labute approximate surface area is 115 Å². The molecule has 4 heteroatoms. The van der Waals surface area contributed by atoms with Crippen LogP contribution in [-0.4, -0.2) is 25.1 Å². The van der Waals surface area contributed by atoms with E-state index < -0.39 is 0 Å². The summed E-state index contributed by atoms with van der Waals surface area (Å²) in [5.74, 6) is 1.88. The Kier molecular flexibility index (Phi) is 4.84. The van der Waals surface area contributed by atoms with Crippen LogP contribution in [-0.2, 0) is 6.54 Å². The number of aromatic nitrogens is 1. The molecular weight excluding hydrogens is 246 g/mol. The molecule has 0 atom stereocenters. The molecule has 2 rings (SSSR count). The molecule has 1 aliphatic rings. The third kappa shape index (κ3) is 3.36. The van der Waals surface area contributed by atoms with E-state index in [1.165, 1.54) is 19.3 Å². The zero-order valence-electron chi connectivity index (χ0n) is 11.2. The number of nitrogens with zero attached hydrogens (tertiary/aromatic N) is 2. The van der Waals surface area contributed by atoms with E-state index >= 15 is 0 Å². The lowest BCUT2D eigenvalue weighted by atomic mass is 9.85. The van der Waals surface area contributed by atoms with Gasteiger partial charge >= 0.3 is 0 Å². The third-order valence-electron chi connectivity index (χ3n) is 3.63. The lowest BCUT2D eigenvalue weighted by Gasteiger charge is -2.30. The van der Waals surface area contributed by atoms with Crippen LogP contribution in [0.2, 0.25) is 5.02 Å². The molecule has 0 aliphatic heterocycles. The topological polar surface area (TPSA) is 28.2 Å². The van der Waals surface area contributed by atoms with Gasteiger partial charge in [-0.3, -0.25) is 0 Å². The van der Waals surface area contributed by atoms with Gasteiger partial charge in [0.1, 0.15) is 5.82 Å². The molecular formula is C14H22ClN3. The van der Waals surface area contributed by atoms with Crippen LogP contribution >= 0.6 is 11.6 Å². The molecule has 3 nitrogen and oxygen atoms in total. The van der Waals surface area contributed by atoms with Gasteiger partial charge in [0.05, 0.1) is 5.02 Å². The van der Waals surface area contributed by atoms with Gasteiger partial charge < -0.3 is 10.2 Å². The lowest BCUT2D eigenvalue weighted by Crippen LogP contribution is -2.30. The van der Waals surface area contributed by atoms with E-state index in [1.54, 1.807) is 6.20 Å². The molecule has 1 aromatic heterocycles. The first-order valence-electron chi connectivity index (χ1n) is 6.77. The van der Waals surface area contributed by atoms with Crippen LogP contribution in [0.15, 0.2) is 12.3 Å². The summed E-state index contributed by atoms with van der Waals surface area (Å²) in [4.78, 5) is 6.67. The fraction of sp³-hybridized carbons (Fsp3) is 0.643. The minimum atomic E-state index is 0.747. The van der Waals surface area contributed by atoms with Gasteiger partial charge in [-0.2, -0.15) is 0 Å². The molecule has 0 saturated heterocycles. The standard InChI is InChI=1S/C14H22ClN3/c1-3-16-8-12-7-14(17-9-13(12)15)18(2)10-11-5-4-6-11/h7,9,11,16H,3-6,8,10H2,1-2H3. The summed E-state index contributed by atoms with van der Waals surface area (Å²) in [6.07, 6.45) is 5.88. The SMILES string of the molecule is CCNCc1cc(N(C)CC2CCC2)ncc1Cl. The van der Waals surface area contributed by atoms with Crippen LogP contribution in [0.4, 0.5) is 5.82 Å². The Bertz CT molecular complexity index is 391. The van der Waals surface area contributed by atoms with Crippen molar-refractivity contribution in [3.05, 3.63) is 22.8 Å². The largest absolute Gasteiger partial charge is 0.359 e. The van der Waals surface area contributed by atoms with Gasteiger partial charge in [0.25, 0.3) is 0 Å². The van der Waals surface area contributed by atoms with E-state index in [1.807, 2.05) is 0 Å². The first kappa shape index (κ1) is 13.6. The van der Waals surface area contributed by atoms with Crippen LogP contribution < -0.4 is 10.2 Å². The second kappa shape index (κ2) is 6.39. The summed E-state index contributed by atoms with van der Waals surface area (Å²) in [6.45, 7) is 4.96. The van der Waals surface area contributed by atoms with Gasteiger partial charge in [-0.1, -0.05) is 24.9 Å². The van der Waals surface area contributed by atoms with Crippen LogP contribution in [0.25, 0.3) is 0 Å². The first-order chi connectivity index (χ1) is 8.70. The fourth-order valence-electron chi connectivity index (χ4n) is 2.23. The highest BCUT2D eigenvalue weighted by Gasteiger charge is 2.19. The number of pyridine rings is 1. The molecule has 0 amide bonds. The molecule has 1 aliphatic carbocycles. The van der Waals surface area contributed by atoms with Crippen molar-refractivity contribution in [1.29, 1.82) is 0 Å². The van der Waals surface area contributed by atoms with E-state index in [4.69, 9.17) is 11.6 Å². The van der Waals surface area contributed by atoms with Crippen molar-refractivity contribution in [2.75, 3.05) is 25.0 Å². The zero-order chi connectivity index (χ0) is 13.0. The van der Waals surface area contributed by atoms with E-state index in [2.05, 4.69) is 35.2 Å². The molecule has 0 aromatic carbocycles. The summed E-state index contributed by atoms with van der Waals surface area (Å²) >= 11 is 6.16. The van der Waals surface area contributed by atoms with E-state index in [0.717, 1.165) is 42.0 Å². The maximum absolute atomic E-state index is 6.16. The number of rotatable bonds is 6. The first-order valence-corrected chi connectivity index (χ1v) is 7.14. The monoisotopic (exact) mass is 267 g/mol. The van der Waals surface area contributed by atoms with Crippen molar-refractivity contribution >= 4 is 17.4 Å². The third-order valence-corrected chi connectivity index (χ3v) is 3.97. The van der Waals surface area contributed by atoms with Crippen molar-refractivity contribution in [2.45, 2.75) is 32.7 Å². The molecule has 0 radical (unpaired) electrons. The molecule has 100 valence electrons. The Morgan fingerprint density at radius 3 is 2.89 bits per heavy atom. The van der Waals surface area contributed by atoms with Gasteiger partial charge in [0, 0.05) is 26.3 Å². The van der Waals surface area contributed by atoms with Crippen LogP contribution in [0.1, 0.15) is 31.7 Å². The molecule has 18 heavy (non-hydrogen) atoms. The number of hydrogen-bond acceptors (Lipinski definition) is 3. The van der Waals surface area contributed by atoms with Gasteiger partial charge in [-0.25, -0.2) is 4.98 Å². The molecule has 1 saturated carbocycles. The number of halogens is 1. The van der Waals surface area contributed by atoms with E-state index in [0.29, 0.717) is 0 Å². The van der Waals surface area contributed by atoms with Gasteiger partial charge in [-0.15, -0.1) is 0 Å². The molecule has 1 heterocycles. The number of nitrogens with one attached hydrogen (secondary N) is 1. The molecule has 1 fully saturated rings. The van der Waals surface area contributed by atoms with Crippen molar-refractivity contribution in [1.82, 2.24) is 10.3 Å². The van der Waals surface area contributed by atoms with Crippen molar-refractivity contribution in [3.63, 3.8) is 0 Å². The van der Waals surface area contributed by atoms with E-state index in [9.17, 15) is 0 Å². The fourth-order valence-corrected chi connectivity index (χ4v) is 2.40. The molecule has 0 bridgehead atoms. The van der Waals surface area contributed by atoms with Gasteiger partial charge in [0.15, 0.2) is 0 Å². The summed E-state index contributed by atoms with van der Waals surface area (Å²) in [5.41, 5.74) is 1.13. The van der Waals surface area contributed by atoms with Crippen LogP contribution in [0.3, 0.4) is 0 Å². The highest BCUT2D eigenvalue weighted by Crippen LogP contribution is 2.28. The second-order valence-corrected chi connectivity index (χ2v) is 5.50. The average molecular weight is 268 g/mol. The predicted molar refractivity (Wildman–Crippen MR) is 77.2 cm³/mol. The minimum Gasteiger partial charge on any atom is -0.359 e. The molecule has 1 N–H and O–H groups in total. The van der Waals surface area contributed by atoms with Crippen molar-refractivity contribution < 1.29 is 0 Å². The maximum Gasteiger partial charge on any atom is 0.128 e. The van der Waals surface area contributed by atoms with Crippen molar-refractivity contribution in [2.24, 2.45) is 5.92 Å². The average Bonchev–Trinajstić information content (AvgIpc) is 2.32. The summed E-state index contributed by atoms with van der Waals surface area (Å²) in [6, 6.07) is 2.10. The minimum absolute atomic E-state index is 0.747. The van der Waals surface area contributed by atoms with Gasteiger partial charge in [-0.05, 0) is 36.9 Å². The smallest absolute Gasteiger partial charge is 0.128 e. The van der Waals surface area contributed by atoms with Crippen molar-refractivity contribution in [3.8, 4) is 0 Å². The lowest BCUT2D eigenvalue weighted by molar-refractivity contribution is 0.321. The predicted octanol–water partition coefficient (Wildman–Crippen LogP) is 3.08. The molecule has 0 unspecified atom stereocenters. The summed E-state index contributed by atoms with van der Waals surface area (Å²) in [7, 11) is 2.12. The number of anilines is 1. The Morgan fingerprint density at radius 1 is 1.50 bits per heavy atom. The Morgan fingerprint density at radius 2 is 2.28 bits per heavy atom. The second-order valence-electron chi connectivity index (χ2n) is 5.09. The summed E-state index contributed by atoms with van der Waals surface area (Å²) in [5, 5.41) is 4.05. The summed E-state index contributed by atoms with van der Waals surface area (Å²) < 4.78 is 0.